The zero-order valence-corrected chi connectivity index (χ0v) is 20.1. The molecule has 2 aromatic carbocycles. The number of nitrogens with two attached hydrogens (primary N) is 1. The van der Waals surface area contributed by atoms with Gasteiger partial charge in [-0.25, -0.2) is 4.98 Å². The van der Waals surface area contributed by atoms with Crippen molar-refractivity contribution in [3.63, 3.8) is 0 Å². The van der Waals surface area contributed by atoms with Crippen molar-refractivity contribution in [2.45, 2.75) is 25.7 Å². The highest BCUT2D eigenvalue weighted by molar-refractivity contribution is 6.02. The number of rotatable bonds is 4. The Morgan fingerprint density at radius 1 is 1.03 bits per heavy atom. The number of aliphatic imine (C=N–C) groups is 2. The van der Waals surface area contributed by atoms with Crippen molar-refractivity contribution in [2.24, 2.45) is 27.7 Å². The summed E-state index contributed by atoms with van der Waals surface area (Å²) < 4.78 is -0.0223. The number of quaternary nitrogens is 1. The Morgan fingerprint density at radius 2 is 1.83 bits per heavy atom. The Morgan fingerprint density at radius 3 is 2.61 bits per heavy atom. The fraction of sp³-hybridized carbons (Fsp3) is 0.250. The fourth-order valence-corrected chi connectivity index (χ4v) is 5.44. The van der Waals surface area contributed by atoms with E-state index in [1.54, 1.807) is 19.4 Å². The normalized spacial score (nSPS) is 25.1. The summed E-state index contributed by atoms with van der Waals surface area (Å²) in [5.74, 6) is 8.14. The minimum absolute atomic E-state index is 0.0223. The SMILES string of the molecule is CNC(=O)C1CCC(C2=C3C=NC=C[N+]3(N)C(c3ccc4ncc(-c5ccccc5)nc4c3)=N2)CC1. The predicted molar refractivity (Wildman–Crippen MR) is 140 cm³/mol. The van der Waals surface area contributed by atoms with Crippen LogP contribution < -0.4 is 11.2 Å². The summed E-state index contributed by atoms with van der Waals surface area (Å²) in [7, 11) is 1.70. The molecule has 8 nitrogen and oxygen atoms in total. The van der Waals surface area contributed by atoms with Crippen LogP contribution in [0.2, 0.25) is 0 Å². The Bertz CT molecular complexity index is 1470. The molecule has 3 N–H and O–H groups in total. The lowest BCUT2D eigenvalue weighted by atomic mass is 9.79. The van der Waals surface area contributed by atoms with Crippen molar-refractivity contribution >= 4 is 29.0 Å². The minimum atomic E-state index is -0.0223. The summed E-state index contributed by atoms with van der Waals surface area (Å²) in [4.78, 5) is 31.1. The molecule has 3 aliphatic rings. The molecule has 1 aliphatic carbocycles. The second-order valence-electron chi connectivity index (χ2n) is 9.55. The average Bonchev–Trinajstić information content (AvgIpc) is 3.25. The number of hydrogen-bond donors (Lipinski definition) is 2. The molecule has 2 aliphatic heterocycles. The lowest BCUT2D eigenvalue weighted by Crippen LogP contribution is -2.53. The number of amidine groups is 1. The van der Waals surface area contributed by atoms with E-state index in [9.17, 15) is 4.79 Å². The smallest absolute Gasteiger partial charge is 0.264 e. The average molecular weight is 479 g/mol. The molecule has 36 heavy (non-hydrogen) atoms. The van der Waals surface area contributed by atoms with Crippen LogP contribution in [0, 0.1) is 11.8 Å². The van der Waals surface area contributed by atoms with Gasteiger partial charge in [-0.3, -0.25) is 14.8 Å². The highest BCUT2D eigenvalue weighted by Gasteiger charge is 2.46. The summed E-state index contributed by atoms with van der Waals surface area (Å²) in [6.45, 7) is 0. The van der Waals surface area contributed by atoms with Crippen molar-refractivity contribution in [1.82, 2.24) is 15.3 Å². The number of hydrogen-bond acceptors (Lipinski definition) is 6. The van der Waals surface area contributed by atoms with Crippen LogP contribution in [0.15, 0.2) is 88.5 Å². The van der Waals surface area contributed by atoms with E-state index in [-0.39, 0.29) is 22.3 Å². The predicted octanol–water partition coefficient (Wildman–Crippen LogP) is 4.07. The molecule has 180 valence electrons. The molecule has 1 unspecified atom stereocenters. The molecule has 1 aromatic heterocycles. The summed E-state index contributed by atoms with van der Waals surface area (Å²) in [6.07, 6.45) is 10.7. The second-order valence-corrected chi connectivity index (χ2v) is 9.55. The van der Waals surface area contributed by atoms with E-state index in [1.807, 2.05) is 60.9 Å². The topological polar surface area (TPSA) is 106 Å². The lowest BCUT2D eigenvalue weighted by molar-refractivity contribution is -0.750. The van der Waals surface area contributed by atoms with Crippen LogP contribution in [0.1, 0.15) is 31.2 Å². The zero-order chi connectivity index (χ0) is 24.7. The van der Waals surface area contributed by atoms with Crippen molar-refractivity contribution in [3.05, 3.63) is 84.1 Å². The second kappa shape index (κ2) is 8.89. The lowest BCUT2D eigenvalue weighted by Gasteiger charge is -2.28. The summed E-state index contributed by atoms with van der Waals surface area (Å²) in [5, 5.41) is 2.78. The van der Waals surface area contributed by atoms with Crippen LogP contribution in [0.3, 0.4) is 0 Å². The summed E-state index contributed by atoms with van der Waals surface area (Å²) in [5.41, 5.74) is 6.21. The maximum absolute atomic E-state index is 12.1. The van der Waals surface area contributed by atoms with Gasteiger partial charge in [-0.05, 0) is 43.9 Å². The van der Waals surface area contributed by atoms with E-state index < -0.39 is 0 Å². The number of benzene rings is 2. The van der Waals surface area contributed by atoms with Gasteiger partial charge < -0.3 is 5.32 Å². The molecule has 0 bridgehead atoms. The third-order valence-corrected chi connectivity index (χ3v) is 7.42. The van der Waals surface area contributed by atoms with Crippen molar-refractivity contribution in [1.29, 1.82) is 0 Å². The summed E-state index contributed by atoms with van der Waals surface area (Å²) in [6, 6.07) is 16.0. The van der Waals surface area contributed by atoms with Crippen LogP contribution in [0.25, 0.3) is 22.3 Å². The Balaban J connectivity index is 1.37. The quantitative estimate of drug-likeness (QED) is 0.436. The minimum Gasteiger partial charge on any atom is -0.359 e. The van der Waals surface area contributed by atoms with E-state index in [0.29, 0.717) is 0 Å². The molecule has 0 radical (unpaired) electrons. The standard InChI is InChI=1S/C28H27N7O/c1-30-28(36)20-9-7-19(8-10-20)26-25-17-31-13-14-35(25,29)27(34-26)21-11-12-22-23(15-21)33-24(16-32-22)18-5-3-2-4-6-18/h2-6,11-17,19-20H,7-10,29H2,1H3/p+1. The Kier molecular flexibility index (Phi) is 5.55. The molecule has 1 amide bonds. The number of fused-ring (bicyclic) bond motifs is 2. The molecule has 0 saturated heterocycles. The Hall–Kier alpha value is -4.01. The van der Waals surface area contributed by atoms with Gasteiger partial charge in [0.1, 0.15) is 11.9 Å². The van der Waals surface area contributed by atoms with Gasteiger partial charge in [0.05, 0.1) is 40.9 Å². The van der Waals surface area contributed by atoms with Crippen LogP contribution in [0.5, 0.6) is 0 Å². The first-order valence-corrected chi connectivity index (χ1v) is 12.3. The first-order valence-electron chi connectivity index (χ1n) is 12.3. The molecule has 1 fully saturated rings. The Labute approximate surface area is 209 Å². The van der Waals surface area contributed by atoms with Gasteiger partial charge in [0.2, 0.25) is 11.6 Å². The monoisotopic (exact) mass is 478 g/mol. The van der Waals surface area contributed by atoms with Crippen LogP contribution >= 0.6 is 0 Å². The van der Waals surface area contributed by atoms with Gasteiger partial charge >= 0.3 is 0 Å². The third kappa shape index (κ3) is 3.75. The van der Waals surface area contributed by atoms with E-state index in [2.05, 4.69) is 15.3 Å². The van der Waals surface area contributed by atoms with Gasteiger partial charge in [0.25, 0.3) is 5.84 Å². The van der Waals surface area contributed by atoms with Gasteiger partial charge in [-0.2, -0.15) is 10.8 Å². The third-order valence-electron chi connectivity index (χ3n) is 7.42. The van der Waals surface area contributed by atoms with E-state index in [1.165, 1.54) is 0 Å². The molecule has 8 heteroatoms. The van der Waals surface area contributed by atoms with Gasteiger partial charge in [0, 0.05) is 24.4 Å². The van der Waals surface area contributed by atoms with Gasteiger partial charge in [0.15, 0.2) is 0 Å². The molecule has 6 rings (SSSR count). The largest absolute Gasteiger partial charge is 0.359 e. The maximum atomic E-state index is 12.1. The van der Waals surface area contributed by atoms with Crippen LogP contribution in [-0.2, 0) is 4.79 Å². The molecular weight excluding hydrogens is 450 g/mol. The van der Waals surface area contributed by atoms with Gasteiger partial charge in [-0.1, -0.05) is 30.3 Å². The maximum Gasteiger partial charge on any atom is 0.264 e. The van der Waals surface area contributed by atoms with Crippen LogP contribution in [0.4, 0.5) is 0 Å². The number of carbonyl (C=O) groups excluding carboxylic acids is 1. The number of amides is 1. The number of nitrogens with one attached hydrogen (secondary N) is 1. The van der Waals surface area contributed by atoms with Crippen LogP contribution in [-0.4, -0.2) is 39.6 Å². The first-order chi connectivity index (χ1) is 17.6. The number of nitrogens with zero attached hydrogens (tertiary/aromatic N) is 5. The van der Waals surface area contributed by atoms with E-state index >= 15 is 0 Å². The van der Waals surface area contributed by atoms with E-state index in [4.69, 9.17) is 15.8 Å². The number of aromatic nitrogens is 2. The van der Waals surface area contributed by atoms with E-state index in [0.717, 1.165) is 70.8 Å². The molecule has 1 atom stereocenters. The van der Waals surface area contributed by atoms with Gasteiger partial charge in [-0.15, -0.1) is 4.59 Å². The molecular formula is C28H28N7O+. The first kappa shape index (κ1) is 22.5. The molecule has 3 aromatic rings. The highest BCUT2D eigenvalue weighted by Crippen LogP contribution is 2.41. The highest BCUT2D eigenvalue weighted by atomic mass is 16.1. The summed E-state index contributed by atoms with van der Waals surface area (Å²) >= 11 is 0. The molecule has 3 heterocycles. The van der Waals surface area contributed by atoms with Crippen molar-refractivity contribution in [3.8, 4) is 11.3 Å². The number of carbonyl (C=O) groups is 1. The van der Waals surface area contributed by atoms with Crippen molar-refractivity contribution in [2.75, 3.05) is 7.05 Å². The number of allylic oxidation sites excluding steroid dienone is 2. The molecule has 1 saturated carbocycles. The van der Waals surface area contributed by atoms with Crippen molar-refractivity contribution < 1.29 is 9.39 Å². The zero-order valence-electron chi connectivity index (χ0n) is 20.1. The fourth-order valence-electron chi connectivity index (χ4n) is 5.44. The molecule has 0 spiro atoms.